The van der Waals surface area contributed by atoms with Crippen molar-refractivity contribution in [3.63, 3.8) is 0 Å². The molecule has 8 nitrogen and oxygen atoms in total. The lowest BCUT2D eigenvalue weighted by atomic mass is 10.0. The quantitative estimate of drug-likeness (QED) is 0.645. The molecule has 10 heteroatoms. The molecule has 1 aromatic carbocycles. The molecule has 0 aliphatic carbocycles. The summed E-state index contributed by atoms with van der Waals surface area (Å²) >= 11 is 5.84. The number of hydrogen-bond donors (Lipinski definition) is 2. The molecule has 0 amide bonds. The van der Waals surface area contributed by atoms with Gasteiger partial charge in [-0.2, -0.15) is 10.1 Å². The third kappa shape index (κ3) is 5.00. The van der Waals surface area contributed by atoms with Crippen molar-refractivity contribution in [3.05, 3.63) is 29.3 Å². The van der Waals surface area contributed by atoms with Gasteiger partial charge in [0.05, 0.1) is 26.4 Å². The molecule has 144 valence electrons. The van der Waals surface area contributed by atoms with Crippen molar-refractivity contribution in [2.45, 2.75) is 24.9 Å². The molecule has 2 heterocycles. The average molecular weight is 449 g/mol. The van der Waals surface area contributed by atoms with Crippen LogP contribution in [0.1, 0.15) is 19.3 Å². The number of benzene rings is 1. The molecule has 2 aliphatic rings. The van der Waals surface area contributed by atoms with E-state index in [1.807, 2.05) is 12.1 Å². The van der Waals surface area contributed by atoms with E-state index >= 15 is 0 Å². The molecule has 4 N–H and O–H groups in total. The fraction of sp³-hybridized carbons (Fsp3) is 0.500. The van der Waals surface area contributed by atoms with Crippen LogP contribution in [-0.2, 0) is 9.57 Å². The summed E-state index contributed by atoms with van der Waals surface area (Å²) in [6, 6.07) is 7.23. The molecule has 0 atom stereocenters. The fourth-order valence-electron chi connectivity index (χ4n) is 2.79. The Kier molecular flexibility index (Phi) is 7.51. The van der Waals surface area contributed by atoms with E-state index < -0.39 is 5.66 Å². The van der Waals surface area contributed by atoms with Crippen LogP contribution >= 0.6 is 28.6 Å². The first-order chi connectivity index (χ1) is 12.1. The SMILES string of the molecule is Br.NC1=NC2(CCOCC2)N(OCCCOc2ccc(Cl)cc2)C(N)=N1. The summed E-state index contributed by atoms with van der Waals surface area (Å²) in [5.74, 6) is 1.15. The smallest absolute Gasteiger partial charge is 0.226 e. The zero-order chi connectivity index (χ0) is 17.7. The molecule has 3 rings (SSSR count). The molecule has 0 saturated carbocycles. The largest absolute Gasteiger partial charge is 0.494 e. The van der Waals surface area contributed by atoms with E-state index in [-0.39, 0.29) is 28.9 Å². The van der Waals surface area contributed by atoms with Crippen molar-refractivity contribution in [2.24, 2.45) is 21.5 Å². The maximum absolute atomic E-state index is 6.00. The monoisotopic (exact) mass is 447 g/mol. The summed E-state index contributed by atoms with van der Waals surface area (Å²) in [4.78, 5) is 14.3. The average Bonchev–Trinajstić information content (AvgIpc) is 2.59. The number of nitrogens with zero attached hydrogens (tertiary/aromatic N) is 3. The van der Waals surface area contributed by atoms with Crippen LogP contribution in [0.2, 0.25) is 5.02 Å². The molecule has 1 aromatic rings. The first kappa shape index (κ1) is 20.8. The lowest BCUT2D eigenvalue weighted by Crippen LogP contribution is -2.59. The van der Waals surface area contributed by atoms with Crippen LogP contribution < -0.4 is 16.2 Å². The van der Waals surface area contributed by atoms with Crippen LogP contribution in [0.4, 0.5) is 0 Å². The second-order valence-electron chi connectivity index (χ2n) is 5.82. The van der Waals surface area contributed by atoms with E-state index in [9.17, 15) is 0 Å². The van der Waals surface area contributed by atoms with Gasteiger partial charge in [0, 0.05) is 24.3 Å². The molecule has 1 spiro atoms. The molecular weight excluding hydrogens is 426 g/mol. The summed E-state index contributed by atoms with van der Waals surface area (Å²) in [7, 11) is 0. The number of aliphatic imine (C=N–C) groups is 2. The number of nitrogens with two attached hydrogens (primary N) is 2. The number of hydrogen-bond acceptors (Lipinski definition) is 8. The Morgan fingerprint density at radius 2 is 1.85 bits per heavy atom. The van der Waals surface area contributed by atoms with Gasteiger partial charge in [-0.25, -0.2) is 4.99 Å². The molecule has 0 radical (unpaired) electrons. The first-order valence-corrected chi connectivity index (χ1v) is 8.56. The molecular formula is C16H23BrClN5O3. The van der Waals surface area contributed by atoms with Crippen molar-refractivity contribution in [2.75, 3.05) is 26.4 Å². The topological polar surface area (TPSA) is 108 Å². The van der Waals surface area contributed by atoms with Crippen molar-refractivity contribution in [1.82, 2.24) is 5.06 Å². The van der Waals surface area contributed by atoms with Gasteiger partial charge in [-0.15, -0.1) is 17.0 Å². The summed E-state index contributed by atoms with van der Waals surface area (Å²) in [5, 5.41) is 2.24. The molecule has 1 saturated heterocycles. The van der Waals surface area contributed by atoms with Crippen molar-refractivity contribution < 1.29 is 14.3 Å². The van der Waals surface area contributed by atoms with E-state index in [2.05, 4.69) is 9.98 Å². The van der Waals surface area contributed by atoms with E-state index in [4.69, 9.17) is 37.4 Å². The lowest BCUT2D eigenvalue weighted by molar-refractivity contribution is -0.190. The van der Waals surface area contributed by atoms with Crippen LogP contribution in [0, 0.1) is 0 Å². The predicted octanol–water partition coefficient (Wildman–Crippen LogP) is 2.07. The predicted molar refractivity (Wildman–Crippen MR) is 106 cm³/mol. The van der Waals surface area contributed by atoms with Gasteiger partial charge in [0.25, 0.3) is 0 Å². The zero-order valence-corrected chi connectivity index (χ0v) is 16.7. The molecule has 26 heavy (non-hydrogen) atoms. The Morgan fingerprint density at radius 3 is 2.54 bits per heavy atom. The Labute approximate surface area is 167 Å². The summed E-state index contributed by atoms with van der Waals surface area (Å²) in [5.41, 5.74) is 11.1. The third-order valence-corrected chi connectivity index (χ3v) is 4.27. The van der Waals surface area contributed by atoms with Gasteiger partial charge >= 0.3 is 0 Å². The highest BCUT2D eigenvalue weighted by atomic mass is 79.9. The van der Waals surface area contributed by atoms with Crippen molar-refractivity contribution in [3.8, 4) is 5.75 Å². The van der Waals surface area contributed by atoms with E-state index in [0.717, 1.165) is 5.75 Å². The highest BCUT2D eigenvalue weighted by Gasteiger charge is 2.43. The number of guanidine groups is 2. The summed E-state index contributed by atoms with van der Waals surface area (Å²) in [6.07, 6.45) is 1.97. The Balaban J connectivity index is 0.00000243. The molecule has 1 fully saturated rings. The fourth-order valence-corrected chi connectivity index (χ4v) is 2.92. The highest BCUT2D eigenvalue weighted by Crippen LogP contribution is 2.31. The molecule has 0 bridgehead atoms. The maximum Gasteiger partial charge on any atom is 0.226 e. The lowest BCUT2D eigenvalue weighted by Gasteiger charge is -2.43. The standard InChI is InChI=1S/C16H22ClN5O3.BrH/c17-12-2-4-13(5-3-12)24-8-1-9-25-22-15(19)20-14(18)21-16(22)6-10-23-11-7-16;/h2-5H,1,6-11H2,(H4,18,19,20,21);1H. The van der Waals surface area contributed by atoms with Crippen molar-refractivity contribution in [1.29, 1.82) is 0 Å². The van der Waals surface area contributed by atoms with Gasteiger partial charge in [-0.1, -0.05) is 11.6 Å². The molecule has 2 aliphatic heterocycles. The normalized spacial score (nSPS) is 18.7. The van der Waals surface area contributed by atoms with Crippen LogP contribution in [0.25, 0.3) is 0 Å². The van der Waals surface area contributed by atoms with Crippen LogP contribution in [-0.4, -0.2) is 49.1 Å². The number of halogens is 2. The van der Waals surface area contributed by atoms with Crippen LogP contribution in [0.5, 0.6) is 5.75 Å². The third-order valence-electron chi connectivity index (χ3n) is 4.02. The van der Waals surface area contributed by atoms with Gasteiger partial charge in [0.15, 0.2) is 5.66 Å². The minimum absolute atomic E-state index is 0. The Hall–Kier alpha value is -1.55. The van der Waals surface area contributed by atoms with Gasteiger partial charge < -0.3 is 20.9 Å². The number of hydroxylamine groups is 2. The number of ether oxygens (including phenoxy) is 2. The highest BCUT2D eigenvalue weighted by molar-refractivity contribution is 8.93. The summed E-state index contributed by atoms with van der Waals surface area (Å²) in [6.45, 7) is 2.07. The second kappa shape index (κ2) is 9.40. The van der Waals surface area contributed by atoms with E-state index in [1.165, 1.54) is 0 Å². The Bertz CT molecular complexity index is 650. The minimum atomic E-state index is -0.634. The molecule has 0 unspecified atom stereocenters. The molecule has 0 aromatic heterocycles. The van der Waals surface area contributed by atoms with E-state index in [1.54, 1.807) is 17.2 Å². The minimum Gasteiger partial charge on any atom is -0.494 e. The second-order valence-corrected chi connectivity index (χ2v) is 6.25. The first-order valence-electron chi connectivity index (χ1n) is 8.18. The summed E-state index contributed by atoms with van der Waals surface area (Å²) < 4.78 is 11.1. The zero-order valence-electron chi connectivity index (χ0n) is 14.3. The number of rotatable bonds is 6. The van der Waals surface area contributed by atoms with Gasteiger partial charge in [-0.05, 0) is 24.3 Å². The van der Waals surface area contributed by atoms with Gasteiger partial charge in [0.2, 0.25) is 11.9 Å². The van der Waals surface area contributed by atoms with Crippen LogP contribution in [0.15, 0.2) is 34.3 Å². The maximum atomic E-state index is 6.00. The van der Waals surface area contributed by atoms with Gasteiger partial charge in [-0.3, -0.25) is 4.84 Å². The van der Waals surface area contributed by atoms with Crippen molar-refractivity contribution >= 4 is 40.5 Å². The van der Waals surface area contributed by atoms with Crippen LogP contribution in [0.3, 0.4) is 0 Å². The Morgan fingerprint density at radius 1 is 1.15 bits per heavy atom. The van der Waals surface area contributed by atoms with Gasteiger partial charge in [0.1, 0.15) is 5.75 Å². The van der Waals surface area contributed by atoms with E-state index in [0.29, 0.717) is 50.7 Å².